The number of nitrogens with zero attached hydrogens (tertiary/aromatic N) is 2. The zero-order chi connectivity index (χ0) is 16.0. The van der Waals surface area contributed by atoms with Gasteiger partial charge in [-0.1, -0.05) is 44.5 Å². The quantitative estimate of drug-likeness (QED) is 0.683. The zero-order valence-electron chi connectivity index (χ0n) is 11.6. The molecule has 1 aromatic heterocycles. The lowest BCUT2D eigenvalue weighted by Crippen LogP contribution is -2.15. The van der Waals surface area contributed by atoms with E-state index in [4.69, 9.17) is 22.3 Å². The average molecular weight is 412 g/mol. The lowest BCUT2D eigenvalue weighted by molar-refractivity contribution is 0.544. The van der Waals surface area contributed by atoms with Crippen LogP contribution in [0.3, 0.4) is 0 Å². The highest BCUT2D eigenvalue weighted by molar-refractivity contribution is 9.10. The van der Waals surface area contributed by atoms with E-state index in [1.54, 1.807) is 6.07 Å². The lowest BCUT2D eigenvalue weighted by Gasteiger charge is -2.16. The highest BCUT2D eigenvalue weighted by Crippen LogP contribution is 2.37. The summed E-state index contributed by atoms with van der Waals surface area (Å²) in [6.45, 7) is 5.55. The van der Waals surface area contributed by atoms with Crippen molar-refractivity contribution in [2.24, 2.45) is 0 Å². The van der Waals surface area contributed by atoms with E-state index in [1.165, 1.54) is 4.68 Å². The van der Waals surface area contributed by atoms with E-state index in [0.29, 0.717) is 11.4 Å². The second kappa shape index (κ2) is 5.57. The summed E-state index contributed by atoms with van der Waals surface area (Å²) in [7, 11) is 1.53. The topological polar surface area (TPSA) is 52.0 Å². The summed E-state index contributed by atoms with van der Waals surface area (Å²) in [5, 5.41) is 4.34. The molecule has 0 aliphatic heterocycles. The minimum Gasteiger partial charge on any atom is -0.219 e. The van der Waals surface area contributed by atoms with Gasteiger partial charge in [-0.2, -0.15) is 5.10 Å². The Morgan fingerprint density at radius 1 is 1.24 bits per heavy atom. The first kappa shape index (κ1) is 16.8. The predicted molar refractivity (Wildman–Crippen MR) is 88.0 cm³/mol. The molecule has 4 nitrogen and oxygen atoms in total. The Kier molecular flexibility index (Phi) is 4.46. The van der Waals surface area contributed by atoms with Gasteiger partial charge in [-0.05, 0) is 28.1 Å². The van der Waals surface area contributed by atoms with Crippen molar-refractivity contribution < 1.29 is 8.42 Å². The summed E-state index contributed by atoms with van der Waals surface area (Å²) in [5.74, 6) is 0. The van der Waals surface area contributed by atoms with E-state index in [0.717, 1.165) is 4.47 Å². The smallest absolute Gasteiger partial charge is 0.219 e. The highest BCUT2D eigenvalue weighted by Gasteiger charge is 2.33. The fraction of sp³-hybridized carbons (Fsp3) is 0.308. The van der Waals surface area contributed by atoms with Gasteiger partial charge < -0.3 is 0 Å². The molecule has 0 aliphatic rings. The molecule has 0 amide bonds. The number of rotatable bonds is 2. The molecule has 1 aromatic carbocycles. The number of para-hydroxylation sites is 1. The highest BCUT2D eigenvalue weighted by atomic mass is 79.9. The molecule has 0 atom stereocenters. The van der Waals surface area contributed by atoms with Crippen molar-refractivity contribution in [3.8, 4) is 5.69 Å². The largest absolute Gasteiger partial charge is 0.266 e. The molecule has 8 heteroatoms. The van der Waals surface area contributed by atoms with Gasteiger partial charge in [0.15, 0.2) is 5.15 Å². The van der Waals surface area contributed by atoms with Crippen LogP contribution < -0.4 is 0 Å². The van der Waals surface area contributed by atoms with Crippen molar-refractivity contribution in [1.29, 1.82) is 0 Å². The van der Waals surface area contributed by atoms with Crippen LogP contribution in [0.15, 0.2) is 33.6 Å². The Morgan fingerprint density at radius 2 is 1.81 bits per heavy atom. The van der Waals surface area contributed by atoms with Crippen LogP contribution >= 0.6 is 38.2 Å². The first-order chi connectivity index (χ1) is 9.53. The van der Waals surface area contributed by atoms with Gasteiger partial charge in [0.05, 0.1) is 11.4 Å². The van der Waals surface area contributed by atoms with Crippen LogP contribution in [0, 0.1) is 0 Å². The number of halogens is 3. The maximum absolute atomic E-state index is 11.9. The molecular formula is C13H13BrCl2N2O2S. The minimum atomic E-state index is -4.01. The molecule has 0 N–H and O–H groups in total. The standard InChI is InChI=1S/C13H13BrCl2N2O2S/c1-13(2,3)11-10(21(16,19)20)12(15)18(17-11)9-7-5-4-6-8(9)14/h4-7H,1-3H3. The minimum absolute atomic E-state index is 0.0261. The van der Waals surface area contributed by atoms with Crippen LogP contribution in [0.25, 0.3) is 5.69 Å². The van der Waals surface area contributed by atoms with Crippen molar-refractivity contribution >= 4 is 47.3 Å². The predicted octanol–water partition coefficient (Wildman–Crippen LogP) is 4.51. The van der Waals surface area contributed by atoms with Gasteiger partial charge in [0.1, 0.15) is 4.90 Å². The van der Waals surface area contributed by atoms with Crippen molar-refractivity contribution in [3.63, 3.8) is 0 Å². The zero-order valence-corrected chi connectivity index (χ0v) is 15.5. The first-order valence-electron chi connectivity index (χ1n) is 6.02. The molecule has 0 saturated heterocycles. The van der Waals surface area contributed by atoms with Crippen molar-refractivity contribution in [1.82, 2.24) is 9.78 Å². The van der Waals surface area contributed by atoms with Crippen LogP contribution in [0.1, 0.15) is 26.5 Å². The van der Waals surface area contributed by atoms with Crippen LogP contribution in [0.5, 0.6) is 0 Å². The molecule has 2 aromatic rings. The SMILES string of the molecule is CC(C)(C)c1nn(-c2ccccc2Br)c(Cl)c1S(=O)(=O)Cl. The second-order valence-electron chi connectivity index (χ2n) is 5.52. The molecule has 0 bridgehead atoms. The lowest BCUT2D eigenvalue weighted by atomic mass is 9.92. The van der Waals surface area contributed by atoms with Crippen molar-refractivity contribution in [3.05, 3.63) is 39.6 Å². The van der Waals surface area contributed by atoms with Gasteiger partial charge in [-0.15, -0.1) is 0 Å². The van der Waals surface area contributed by atoms with E-state index in [9.17, 15) is 8.42 Å². The Morgan fingerprint density at radius 3 is 2.24 bits per heavy atom. The van der Waals surface area contributed by atoms with E-state index >= 15 is 0 Å². The Labute approximate surface area is 141 Å². The molecule has 0 unspecified atom stereocenters. The fourth-order valence-electron chi connectivity index (χ4n) is 1.87. The van der Waals surface area contributed by atoms with E-state index in [1.807, 2.05) is 39.0 Å². The molecule has 0 fully saturated rings. The molecule has 1 heterocycles. The summed E-state index contributed by atoms with van der Waals surface area (Å²) in [5.41, 5.74) is 0.450. The third-order valence-corrected chi connectivity index (χ3v) is 5.29. The van der Waals surface area contributed by atoms with E-state index in [-0.39, 0.29) is 10.0 Å². The summed E-state index contributed by atoms with van der Waals surface area (Å²) >= 11 is 9.64. The fourth-order valence-corrected chi connectivity index (χ4v) is 4.27. The number of aromatic nitrogens is 2. The Bertz CT molecular complexity index is 795. The molecule has 0 radical (unpaired) electrons. The van der Waals surface area contributed by atoms with Crippen LogP contribution in [-0.4, -0.2) is 18.2 Å². The van der Waals surface area contributed by atoms with Gasteiger partial charge in [-0.3, -0.25) is 0 Å². The summed E-state index contributed by atoms with van der Waals surface area (Å²) in [4.78, 5) is -0.144. The van der Waals surface area contributed by atoms with Gasteiger partial charge >= 0.3 is 0 Å². The molecule has 0 spiro atoms. The summed E-state index contributed by atoms with van der Waals surface area (Å²) in [6.07, 6.45) is 0. The van der Waals surface area contributed by atoms with Crippen LogP contribution in [0.2, 0.25) is 5.15 Å². The monoisotopic (exact) mass is 410 g/mol. The maximum atomic E-state index is 11.9. The normalized spacial score (nSPS) is 12.7. The van der Waals surface area contributed by atoms with Crippen LogP contribution in [-0.2, 0) is 14.5 Å². The molecule has 0 saturated carbocycles. The number of hydrogen-bond acceptors (Lipinski definition) is 3. The Hall–Kier alpha value is -0.560. The van der Waals surface area contributed by atoms with Crippen molar-refractivity contribution in [2.45, 2.75) is 31.1 Å². The first-order valence-corrected chi connectivity index (χ1v) is 9.50. The number of hydrogen-bond donors (Lipinski definition) is 0. The third kappa shape index (κ3) is 3.28. The van der Waals surface area contributed by atoms with Gasteiger partial charge in [-0.25, -0.2) is 13.1 Å². The molecule has 114 valence electrons. The van der Waals surface area contributed by atoms with Gasteiger partial charge in [0.2, 0.25) is 0 Å². The average Bonchev–Trinajstić information content (AvgIpc) is 2.67. The van der Waals surface area contributed by atoms with Gasteiger partial charge in [0, 0.05) is 20.6 Å². The van der Waals surface area contributed by atoms with Gasteiger partial charge in [0.25, 0.3) is 9.05 Å². The molecule has 21 heavy (non-hydrogen) atoms. The molecule has 0 aliphatic carbocycles. The van der Waals surface area contributed by atoms with Crippen molar-refractivity contribution in [2.75, 3.05) is 0 Å². The van der Waals surface area contributed by atoms with Crippen LogP contribution in [0.4, 0.5) is 0 Å². The molecule has 2 rings (SSSR count). The molecular weight excluding hydrogens is 399 g/mol. The summed E-state index contributed by atoms with van der Waals surface area (Å²) in [6, 6.07) is 7.25. The third-order valence-electron chi connectivity index (χ3n) is 2.82. The second-order valence-corrected chi connectivity index (χ2v) is 9.23. The van der Waals surface area contributed by atoms with E-state index < -0.39 is 14.5 Å². The van der Waals surface area contributed by atoms with E-state index in [2.05, 4.69) is 21.0 Å². The number of benzene rings is 1. The summed E-state index contributed by atoms with van der Waals surface area (Å²) < 4.78 is 25.9. The Balaban J connectivity index is 2.84. The maximum Gasteiger partial charge on any atom is 0.266 e.